The maximum absolute atomic E-state index is 12.2. The Morgan fingerprint density at radius 2 is 1.86 bits per heavy atom. The summed E-state index contributed by atoms with van der Waals surface area (Å²) >= 11 is 0. The van der Waals surface area contributed by atoms with Crippen molar-refractivity contribution in [2.45, 2.75) is 13.8 Å². The van der Waals surface area contributed by atoms with Gasteiger partial charge in [0, 0.05) is 28.9 Å². The van der Waals surface area contributed by atoms with E-state index in [1.807, 2.05) is 26.0 Å². The fourth-order valence-electron chi connectivity index (χ4n) is 2.26. The molecule has 3 rings (SSSR count). The number of carbonyl (C=O) groups excluding carboxylic acids is 1. The molecule has 1 amide bonds. The normalized spacial score (nSPS) is 10.8. The van der Waals surface area contributed by atoms with Crippen molar-refractivity contribution in [3.63, 3.8) is 0 Å². The molecule has 1 N–H and O–H groups in total. The Hall–Kier alpha value is -3.09. The summed E-state index contributed by atoms with van der Waals surface area (Å²) in [5.74, 6) is -0.316. The van der Waals surface area contributed by atoms with Crippen molar-refractivity contribution >= 4 is 22.6 Å². The van der Waals surface area contributed by atoms with Gasteiger partial charge in [-0.2, -0.15) is 0 Å². The Balaban J connectivity index is 1.93. The highest BCUT2D eigenvalue weighted by molar-refractivity contribution is 6.01. The van der Waals surface area contributed by atoms with Crippen molar-refractivity contribution in [1.82, 2.24) is 4.68 Å². The Bertz CT molecular complexity index is 872. The molecule has 0 aliphatic rings. The highest BCUT2D eigenvalue weighted by Gasteiger charge is 2.16. The topological polar surface area (TPSA) is 90.3 Å². The van der Waals surface area contributed by atoms with Crippen LogP contribution < -0.4 is 5.43 Å². The summed E-state index contributed by atoms with van der Waals surface area (Å²) < 4.78 is 7.10. The fourth-order valence-corrected chi connectivity index (χ4v) is 2.26. The first-order valence-corrected chi connectivity index (χ1v) is 6.60. The second-order valence-electron chi connectivity index (χ2n) is 4.98. The van der Waals surface area contributed by atoms with E-state index < -0.39 is 10.8 Å². The van der Waals surface area contributed by atoms with Crippen LogP contribution in [0.25, 0.3) is 11.0 Å². The molecule has 22 heavy (non-hydrogen) atoms. The number of nitrogens with one attached hydrogen (secondary N) is 1. The zero-order chi connectivity index (χ0) is 15.9. The summed E-state index contributed by atoms with van der Waals surface area (Å²) in [5.41, 5.74) is 4.88. The standard InChI is InChI=1S/C15H13N3O4/c1-9-3-4-10(2)17(9)16-15(19)14-8-11-7-12(18(20)21)5-6-13(11)22-14/h3-8H,1-2H3,(H,16,19). The van der Waals surface area contributed by atoms with Crippen LogP contribution >= 0.6 is 0 Å². The maximum Gasteiger partial charge on any atom is 0.305 e. The summed E-state index contributed by atoms with van der Waals surface area (Å²) in [5, 5.41) is 11.3. The molecule has 7 nitrogen and oxygen atoms in total. The molecule has 0 aliphatic carbocycles. The number of fused-ring (bicyclic) bond motifs is 1. The Morgan fingerprint density at radius 3 is 2.50 bits per heavy atom. The van der Waals surface area contributed by atoms with Crippen molar-refractivity contribution in [1.29, 1.82) is 0 Å². The third-order valence-electron chi connectivity index (χ3n) is 3.42. The zero-order valence-electron chi connectivity index (χ0n) is 12.0. The second kappa shape index (κ2) is 5.03. The zero-order valence-corrected chi connectivity index (χ0v) is 12.0. The van der Waals surface area contributed by atoms with Gasteiger partial charge in [-0.15, -0.1) is 0 Å². The number of nitrogens with zero attached hydrogens (tertiary/aromatic N) is 2. The Kier molecular flexibility index (Phi) is 3.17. The minimum absolute atomic E-state index is 0.0441. The smallest absolute Gasteiger partial charge is 0.305 e. The van der Waals surface area contributed by atoms with Gasteiger partial charge in [0.1, 0.15) is 5.58 Å². The Labute approximate surface area is 125 Å². The lowest BCUT2D eigenvalue weighted by Gasteiger charge is -2.09. The van der Waals surface area contributed by atoms with Gasteiger partial charge in [-0.1, -0.05) is 0 Å². The second-order valence-corrected chi connectivity index (χ2v) is 4.98. The van der Waals surface area contributed by atoms with E-state index in [1.165, 1.54) is 24.3 Å². The summed E-state index contributed by atoms with van der Waals surface area (Å²) in [7, 11) is 0. The van der Waals surface area contributed by atoms with Gasteiger partial charge in [-0.3, -0.25) is 25.0 Å². The van der Waals surface area contributed by atoms with Crippen molar-refractivity contribution in [3.05, 3.63) is 63.7 Å². The van der Waals surface area contributed by atoms with Crippen LogP contribution in [0.2, 0.25) is 0 Å². The minimum atomic E-state index is -0.487. The molecule has 7 heteroatoms. The van der Waals surface area contributed by atoms with E-state index in [2.05, 4.69) is 5.43 Å². The third-order valence-corrected chi connectivity index (χ3v) is 3.42. The monoisotopic (exact) mass is 299 g/mol. The number of nitro groups is 1. The lowest BCUT2D eigenvalue weighted by molar-refractivity contribution is -0.384. The lowest BCUT2D eigenvalue weighted by Crippen LogP contribution is -2.24. The van der Waals surface area contributed by atoms with Crippen LogP contribution in [0.5, 0.6) is 0 Å². The van der Waals surface area contributed by atoms with E-state index >= 15 is 0 Å². The predicted octanol–water partition coefficient (Wildman–Crippen LogP) is 3.14. The molecule has 0 atom stereocenters. The quantitative estimate of drug-likeness (QED) is 0.594. The molecule has 0 saturated heterocycles. The van der Waals surface area contributed by atoms with Gasteiger partial charge in [0.15, 0.2) is 5.76 Å². The van der Waals surface area contributed by atoms with Crippen LogP contribution in [0.1, 0.15) is 21.9 Å². The molecule has 3 aromatic rings. The SMILES string of the molecule is Cc1ccc(C)n1NC(=O)c1cc2cc([N+](=O)[O-])ccc2o1. The van der Waals surface area contributed by atoms with Gasteiger partial charge >= 0.3 is 5.91 Å². The van der Waals surface area contributed by atoms with Crippen LogP contribution in [0.4, 0.5) is 5.69 Å². The molecule has 0 bridgehead atoms. The number of amides is 1. The number of nitro benzene ring substituents is 1. The number of aryl methyl sites for hydroxylation is 2. The highest BCUT2D eigenvalue weighted by atomic mass is 16.6. The van der Waals surface area contributed by atoms with Crippen molar-refractivity contribution < 1.29 is 14.1 Å². The van der Waals surface area contributed by atoms with Gasteiger partial charge in [0.25, 0.3) is 5.69 Å². The van der Waals surface area contributed by atoms with Crippen molar-refractivity contribution in [2.24, 2.45) is 0 Å². The highest BCUT2D eigenvalue weighted by Crippen LogP contribution is 2.24. The van der Waals surface area contributed by atoms with Gasteiger partial charge < -0.3 is 4.42 Å². The Morgan fingerprint density at radius 1 is 1.18 bits per heavy atom. The first-order chi connectivity index (χ1) is 10.5. The van der Waals surface area contributed by atoms with Crippen LogP contribution in [-0.4, -0.2) is 15.5 Å². The molecular formula is C15H13N3O4. The van der Waals surface area contributed by atoms with Crippen LogP contribution in [0, 0.1) is 24.0 Å². The van der Waals surface area contributed by atoms with Crippen LogP contribution in [0.15, 0.2) is 40.8 Å². The number of carbonyl (C=O) groups is 1. The molecule has 0 spiro atoms. The number of non-ortho nitro benzene ring substituents is 1. The summed E-state index contributed by atoms with van der Waals surface area (Å²) in [6.07, 6.45) is 0. The largest absolute Gasteiger partial charge is 0.451 e. The lowest BCUT2D eigenvalue weighted by atomic mass is 10.2. The van der Waals surface area contributed by atoms with Gasteiger partial charge in [-0.25, -0.2) is 0 Å². The number of hydrogen-bond donors (Lipinski definition) is 1. The number of furan rings is 1. The van der Waals surface area contributed by atoms with E-state index in [-0.39, 0.29) is 11.4 Å². The average molecular weight is 299 g/mol. The fraction of sp³-hybridized carbons (Fsp3) is 0.133. The molecule has 0 radical (unpaired) electrons. The molecule has 2 aromatic heterocycles. The van der Waals surface area contributed by atoms with Crippen LogP contribution in [0.3, 0.4) is 0 Å². The van der Waals surface area contributed by atoms with Crippen LogP contribution in [-0.2, 0) is 0 Å². The van der Waals surface area contributed by atoms with E-state index in [9.17, 15) is 14.9 Å². The predicted molar refractivity (Wildman–Crippen MR) is 80.5 cm³/mol. The number of aromatic nitrogens is 1. The molecule has 1 aromatic carbocycles. The molecule has 112 valence electrons. The summed E-state index contributed by atoms with van der Waals surface area (Å²) in [6.45, 7) is 3.74. The van der Waals surface area contributed by atoms with Gasteiger partial charge in [0.2, 0.25) is 0 Å². The van der Waals surface area contributed by atoms with E-state index in [4.69, 9.17) is 4.42 Å². The molecule has 0 fully saturated rings. The van der Waals surface area contributed by atoms with Crippen molar-refractivity contribution in [2.75, 3.05) is 5.43 Å². The third kappa shape index (κ3) is 2.32. The number of benzene rings is 1. The van der Waals surface area contributed by atoms with Gasteiger partial charge in [0.05, 0.1) is 4.92 Å². The van der Waals surface area contributed by atoms with E-state index in [0.717, 1.165) is 11.4 Å². The van der Waals surface area contributed by atoms with Gasteiger partial charge in [-0.05, 0) is 38.1 Å². The summed E-state index contributed by atoms with van der Waals surface area (Å²) in [4.78, 5) is 22.5. The summed E-state index contributed by atoms with van der Waals surface area (Å²) in [6, 6.07) is 9.47. The van der Waals surface area contributed by atoms with E-state index in [1.54, 1.807) is 4.68 Å². The molecule has 0 aliphatic heterocycles. The average Bonchev–Trinajstić information content (AvgIpc) is 3.04. The molecule has 0 saturated carbocycles. The first-order valence-electron chi connectivity index (χ1n) is 6.60. The number of rotatable bonds is 3. The van der Waals surface area contributed by atoms with Crippen molar-refractivity contribution in [3.8, 4) is 0 Å². The molecule has 0 unspecified atom stereocenters. The molecular weight excluding hydrogens is 286 g/mol. The number of hydrogen-bond acceptors (Lipinski definition) is 4. The minimum Gasteiger partial charge on any atom is -0.451 e. The molecule has 2 heterocycles. The maximum atomic E-state index is 12.2. The van der Waals surface area contributed by atoms with E-state index in [0.29, 0.717) is 11.0 Å². The first kappa shape index (κ1) is 13.9.